The Bertz CT molecular complexity index is 764. The van der Waals surface area contributed by atoms with E-state index in [9.17, 15) is 31.1 Å². The Morgan fingerprint density at radius 1 is 0.714 bits per heavy atom. The van der Waals surface area contributed by atoms with E-state index < -0.39 is 41.1 Å². The highest BCUT2D eigenvalue weighted by atomic mass is 19.4. The lowest BCUT2D eigenvalue weighted by Gasteiger charge is -2.28. The maximum absolute atomic E-state index is 13.8. The van der Waals surface area contributed by atoms with Gasteiger partial charge in [0.15, 0.2) is 5.78 Å². The van der Waals surface area contributed by atoms with E-state index in [1.165, 1.54) is 36.4 Å². The third-order valence-electron chi connectivity index (χ3n) is 4.40. The van der Waals surface area contributed by atoms with Gasteiger partial charge in [-0.3, -0.25) is 4.79 Å². The number of ketones is 1. The number of carbonyl (C=O) groups is 1. The summed E-state index contributed by atoms with van der Waals surface area (Å²) in [6.07, 6.45) is -10.5. The maximum atomic E-state index is 13.8. The molecule has 28 heavy (non-hydrogen) atoms. The van der Waals surface area contributed by atoms with Crippen molar-refractivity contribution in [2.24, 2.45) is 11.5 Å². The third-order valence-corrected chi connectivity index (χ3v) is 4.40. The normalized spacial score (nSPS) is 14.6. The molecule has 3 nitrogen and oxygen atoms in total. The number of halogens is 6. The second-order valence-corrected chi connectivity index (χ2v) is 6.16. The molecule has 0 bridgehead atoms. The van der Waals surface area contributed by atoms with Crippen molar-refractivity contribution >= 4 is 5.78 Å². The van der Waals surface area contributed by atoms with Crippen molar-refractivity contribution in [2.45, 2.75) is 37.3 Å². The fraction of sp³-hybridized carbons (Fsp3) is 0.316. The summed E-state index contributed by atoms with van der Waals surface area (Å²) < 4.78 is 82.6. The molecule has 0 aliphatic carbocycles. The van der Waals surface area contributed by atoms with E-state index in [4.69, 9.17) is 11.5 Å². The predicted octanol–water partition coefficient (Wildman–Crippen LogP) is 4.17. The van der Waals surface area contributed by atoms with Gasteiger partial charge >= 0.3 is 12.4 Å². The van der Waals surface area contributed by atoms with Crippen molar-refractivity contribution in [3.05, 3.63) is 70.8 Å². The van der Waals surface area contributed by atoms with Crippen molar-refractivity contribution < 1.29 is 31.1 Å². The highest BCUT2D eigenvalue weighted by Gasteiger charge is 2.55. The molecule has 2 aromatic rings. The van der Waals surface area contributed by atoms with Crippen molar-refractivity contribution in [3.8, 4) is 0 Å². The van der Waals surface area contributed by atoms with Gasteiger partial charge in [0.25, 0.3) is 0 Å². The summed E-state index contributed by atoms with van der Waals surface area (Å²) in [5, 5.41) is 0. The van der Waals surface area contributed by atoms with Crippen LogP contribution in [0.25, 0.3) is 0 Å². The summed E-state index contributed by atoms with van der Waals surface area (Å²) in [7, 11) is 0. The first-order valence-electron chi connectivity index (χ1n) is 8.25. The Kier molecular flexibility index (Phi) is 6.51. The smallest absolute Gasteiger partial charge is 0.326 e. The minimum absolute atomic E-state index is 0.0498. The number of alkyl halides is 6. The fourth-order valence-corrected chi connectivity index (χ4v) is 3.15. The molecule has 0 heterocycles. The fourth-order valence-electron chi connectivity index (χ4n) is 3.15. The lowest BCUT2D eigenvalue weighted by molar-refractivity contribution is -0.183. The lowest BCUT2D eigenvalue weighted by Crippen LogP contribution is -2.39. The SMILES string of the molecule is NCc1ccccc1C(C(=O)C(c1ccccc1CN)C(F)(F)F)C(F)(F)F. The number of carbonyl (C=O) groups excluding carboxylic acids is 1. The molecule has 152 valence electrons. The summed E-state index contributed by atoms with van der Waals surface area (Å²) in [5.74, 6) is -7.95. The first-order valence-corrected chi connectivity index (χ1v) is 8.25. The molecule has 2 unspecified atom stereocenters. The number of hydrogen-bond donors (Lipinski definition) is 2. The Labute approximate surface area is 157 Å². The van der Waals surface area contributed by atoms with Crippen LogP contribution in [0.2, 0.25) is 0 Å². The van der Waals surface area contributed by atoms with E-state index in [1.54, 1.807) is 0 Å². The monoisotopic (exact) mass is 404 g/mol. The molecule has 0 radical (unpaired) electrons. The van der Waals surface area contributed by atoms with Crippen molar-refractivity contribution in [1.29, 1.82) is 0 Å². The molecule has 0 spiro atoms. The predicted molar refractivity (Wildman–Crippen MR) is 91.3 cm³/mol. The van der Waals surface area contributed by atoms with E-state index in [0.717, 1.165) is 12.1 Å². The lowest BCUT2D eigenvalue weighted by atomic mass is 9.80. The van der Waals surface area contributed by atoms with Gasteiger partial charge in [-0.2, -0.15) is 26.3 Å². The summed E-state index contributed by atoms with van der Waals surface area (Å²) in [5.41, 5.74) is 9.60. The summed E-state index contributed by atoms with van der Waals surface area (Å²) in [4.78, 5) is 12.8. The van der Waals surface area contributed by atoms with Crippen LogP contribution in [0.5, 0.6) is 0 Å². The molecular weight excluding hydrogens is 386 g/mol. The van der Waals surface area contributed by atoms with E-state index in [-0.39, 0.29) is 24.2 Å². The highest BCUT2D eigenvalue weighted by molar-refractivity contribution is 5.93. The van der Waals surface area contributed by atoms with Gasteiger partial charge in [0, 0.05) is 13.1 Å². The number of rotatable bonds is 6. The highest BCUT2D eigenvalue weighted by Crippen LogP contribution is 2.46. The molecule has 0 saturated carbocycles. The number of Topliss-reactive ketones (excluding diaryl/α,β-unsaturated/α-hetero) is 1. The van der Waals surface area contributed by atoms with E-state index in [2.05, 4.69) is 0 Å². The van der Waals surface area contributed by atoms with Crippen LogP contribution >= 0.6 is 0 Å². The van der Waals surface area contributed by atoms with Crippen LogP contribution < -0.4 is 11.5 Å². The van der Waals surface area contributed by atoms with Crippen LogP contribution in [-0.4, -0.2) is 18.1 Å². The first-order chi connectivity index (χ1) is 13.0. The van der Waals surface area contributed by atoms with Gasteiger partial charge in [-0.25, -0.2) is 0 Å². The average Bonchev–Trinajstić information content (AvgIpc) is 2.60. The Morgan fingerprint density at radius 2 is 1.04 bits per heavy atom. The van der Waals surface area contributed by atoms with E-state index >= 15 is 0 Å². The molecule has 0 saturated heterocycles. The molecule has 0 fully saturated rings. The zero-order valence-electron chi connectivity index (χ0n) is 14.5. The largest absolute Gasteiger partial charge is 0.402 e. The van der Waals surface area contributed by atoms with Crippen molar-refractivity contribution in [3.63, 3.8) is 0 Å². The molecule has 0 aromatic heterocycles. The van der Waals surface area contributed by atoms with Crippen LogP contribution in [-0.2, 0) is 17.9 Å². The molecule has 4 N–H and O–H groups in total. The van der Waals surface area contributed by atoms with Gasteiger partial charge in [0.05, 0.1) is 0 Å². The minimum Gasteiger partial charge on any atom is -0.326 e. The molecule has 0 aliphatic rings. The maximum Gasteiger partial charge on any atom is 0.402 e. The number of nitrogens with two attached hydrogens (primary N) is 2. The Balaban J connectivity index is 2.69. The van der Waals surface area contributed by atoms with Crippen molar-refractivity contribution in [1.82, 2.24) is 0 Å². The zero-order chi connectivity index (χ0) is 21.1. The minimum atomic E-state index is -5.23. The Morgan fingerprint density at radius 3 is 1.32 bits per heavy atom. The van der Waals surface area contributed by atoms with Crippen LogP contribution in [0, 0.1) is 0 Å². The van der Waals surface area contributed by atoms with Crippen LogP contribution in [0.4, 0.5) is 26.3 Å². The third kappa shape index (κ3) is 4.53. The van der Waals surface area contributed by atoms with Crippen LogP contribution in [0.15, 0.2) is 48.5 Å². The van der Waals surface area contributed by atoms with Crippen LogP contribution in [0.3, 0.4) is 0 Å². The van der Waals surface area contributed by atoms with E-state index in [1.807, 2.05) is 0 Å². The van der Waals surface area contributed by atoms with E-state index in [0.29, 0.717) is 0 Å². The average molecular weight is 404 g/mol. The molecule has 9 heteroatoms. The summed E-state index contributed by atoms with van der Waals surface area (Å²) in [6.45, 7) is -0.710. The van der Waals surface area contributed by atoms with Crippen molar-refractivity contribution in [2.75, 3.05) is 0 Å². The van der Waals surface area contributed by atoms with Gasteiger partial charge in [-0.05, 0) is 22.3 Å². The van der Waals surface area contributed by atoms with Gasteiger partial charge in [0.2, 0.25) is 0 Å². The molecule has 2 atom stereocenters. The second-order valence-electron chi connectivity index (χ2n) is 6.16. The Hall–Kier alpha value is -2.39. The zero-order valence-corrected chi connectivity index (χ0v) is 14.5. The quantitative estimate of drug-likeness (QED) is 0.711. The molecule has 2 aromatic carbocycles. The summed E-state index contributed by atoms with van der Waals surface area (Å²) in [6, 6.07) is 9.67. The number of hydrogen-bond acceptors (Lipinski definition) is 3. The van der Waals surface area contributed by atoms with Crippen LogP contribution in [0.1, 0.15) is 34.1 Å². The second kappa shape index (κ2) is 8.32. The molecule has 2 rings (SSSR count). The molecular formula is C19H18F6N2O. The van der Waals surface area contributed by atoms with Gasteiger partial charge in [-0.15, -0.1) is 0 Å². The first kappa shape index (κ1) is 21.9. The van der Waals surface area contributed by atoms with Gasteiger partial charge in [-0.1, -0.05) is 48.5 Å². The van der Waals surface area contributed by atoms with Gasteiger partial charge in [0.1, 0.15) is 11.8 Å². The molecule has 0 aliphatic heterocycles. The molecule has 0 amide bonds. The summed E-state index contributed by atoms with van der Waals surface area (Å²) >= 11 is 0. The number of benzene rings is 2. The topological polar surface area (TPSA) is 69.1 Å². The van der Waals surface area contributed by atoms with Gasteiger partial charge < -0.3 is 11.5 Å². The standard InChI is InChI=1S/C19H18F6N2O/c20-18(21,22)15(13-7-3-1-5-11(13)9-26)17(28)16(19(23,24)25)14-8-4-2-6-12(14)10-27/h1-8,15-16H,9-10,26-27H2.